The lowest BCUT2D eigenvalue weighted by Gasteiger charge is -2.26. The Morgan fingerprint density at radius 2 is 1.95 bits per heavy atom. The normalized spacial score (nSPS) is 14.1. The minimum Gasteiger partial charge on any atom is -0.396 e. The van der Waals surface area contributed by atoms with Crippen LogP contribution in [0.3, 0.4) is 0 Å². The third kappa shape index (κ3) is 5.62. The number of rotatable bonds is 9. The summed E-state index contributed by atoms with van der Waals surface area (Å²) in [5, 5.41) is 12.8. The van der Waals surface area contributed by atoms with Crippen molar-refractivity contribution in [1.82, 2.24) is 5.32 Å². The molecule has 1 aromatic carbocycles. The highest BCUT2D eigenvalue weighted by Gasteiger charge is 2.19. The van der Waals surface area contributed by atoms with Crippen LogP contribution in [0.25, 0.3) is 0 Å². The summed E-state index contributed by atoms with van der Waals surface area (Å²) in [6.07, 6.45) is 2.11. The van der Waals surface area contributed by atoms with Gasteiger partial charge in [-0.25, -0.2) is 0 Å². The second-order valence-corrected chi connectivity index (χ2v) is 5.61. The monoisotopic (exact) mass is 264 g/mol. The van der Waals surface area contributed by atoms with Crippen molar-refractivity contribution in [2.24, 2.45) is 5.41 Å². The van der Waals surface area contributed by atoms with E-state index in [-0.39, 0.29) is 12.0 Å². The summed E-state index contributed by atoms with van der Waals surface area (Å²) in [5.41, 5.74) is 1.28. The first-order valence-corrected chi connectivity index (χ1v) is 7.19. The van der Waals surface area contributed by atoms with Crippen LogP contribution >= 0.6 is 0 Å². The lowest BCUT2D eigenvalue weighted by molar-refractivity contribution is 0.135. The molecule has 0 radical (unpaired) electrons. The van der Waals surface area contributed by atoms with Crippen LogP contribution in [0, 0.1) is 5.41 Å². The zero-order valence-corrected chi connectivity index (χ0v) is 12.5. The van der Waals surface area contributed by atoms with E-state index in [4.69, 9.17) is 0 Å². The van der Waals surface area contributed by atoms with Gasteiger partial charge in [0.1, 0.15) is 0 Å². The number of para-hydroxylation sites is 1. The van der Waals surface area contributed by atoms with Crippen LogP contribution in [-0.2, 0) is 0 Å². The molecular formula is C16H28N2O. The Hall–Kier alpha value is -1.06. The number of aliphatic hydroxyl groups excluding tert-OH is 1. The highest BCUT2D eigenvalue weighted by Crippen LogP contribution is 2.18. The SMILES string of the molecule is CCC(C)(CO)CNCCCN(C)c1ccccc1. The molecule has 0 saturated heterocycles. The summed E-state index contributed by atoms with van der Waals surface area (Å²) in [4.78, 5) is 2.27. The van der Waals surface area contributed by atoms with Gasteiger partial charge in [0.25, 0.3) is 0 Å². The van der Waals surface area contributed by atoms with Crippen molar-refractivity contribution < 1.29 is 5.11 Å². The number of nitrogens with one attached hydrogen (secondary N) is 1. The summed E-state index contributed by atoms with van der Waals surface area (Å²) in [6.45, 7) is 7.42. The number of hydrogen-bond acceptors (Lipinski definition) is 3. The minimum absolute atomic E-state index is 0.0192. The van der Waals surface area contributed by atoms with E-state index < -0.39 is 0 Å². The highest BCUT2D eigenvalue weighted by molar-refractivity contribution is 5.44. The molecule has 3 nitrogen and oxygen atoms in total. The van der Waals surface area contributed by atoms with Gasteiger partial charge in [-0.15, -0.1) is 0 Å². The molecule has 1 rings (SSSR count). The Bertz CT molecular complexity index is 336. The van der Waals surface area contributed by atoms with E-state index in [9.17, 15) is 5.11 Å². The van der Waals surface area contributed by atoms with Crippen molar-refractivity contribution in [3.8, 4) is 0 Å². The second-order valence-electron chi connectivity index (χ2n) is 5.61. The largest absolute Gasteiger partial charge is 0.396 e. The molecule has 0 aliphatic carbocycles. The van der Waals surface area contributed by atoms with Gasteiger partial charge in [0.05, 0.1) is 0 Å². The van der Waals surface area contributed by atoms with Crippen LogP contribution in [0.5, 0.6) is 0 Å². The minimum atomic E-state index is 0.0192. The smallest absolute Gasteiger partial charge is 0.0496 e. The van der Waals surface area contributed by atoms with Crippen molar-refractivity contribution in [3.63, 3.8) is 0 Å². The number of nitrogens with zero attached hydrogens (tertiary/aromatic N) is 1. The maximum absolute atomic E-state index is 9.33. The fraction of sp³-hybridized carbons (Fsp3) is 0.625. The molecule has 1 aromatic rings. The Kier molecular flexibility index (Phi) is 6.89. The first-order chi connectivity index (χ1) is 9.11. The van der Waals surface area contributed by atoms with E-state index in [1.807, 2.05) is 6.07 Å². The van der Waals surface area contributed by atoms with Crippen molar-refractivity contribution in [3.05, 3.63) is 30.3 Å². The van der Waals surface area contributed by atoms with E-state index >= 15 is 0 Å². The molecule has 1 atom stereocenters. The van der Waals surface area contributed by atoms with Gasteiger partial charge in [-0.05, 0) is 31.5 Å². The molecule has 19 heavy (non-hydrogen) atoms. The van der Waals surface area contributed by atoms with E-state index in [1.165, 1.54) is 5.69 Å². The second kappa shape index (κ2) is 8.18. The summed E-state index contributed by atoms with van der Waals surface area (Å²) in [6, 6.07) is 10.4. The van der Waals surface area contributed by atoms with Crippen LogP contribution in [0.2, 0.25) is 0 Å². The summed E-state index contributed by atoms with van der Waals surface area (Å²) in [7, 11) is 2.12. The molecule has 0 fully saturated rings. The molecule has 0 spiro atoms. The quantitative estimate of drug-likeness (QED) is 0.673. The standard InChI is InChI=1S/C16H28N2O/c1-4-16(2,14-19)13-17-11-8-12-18(3)15-9-6-5-7-10-15/h5-7,9-10,17,19H,4,8,11-14H2,1-3H3. The first kappa shape index (κ1) is 16.0. The van der Waals surface area contributed by atoms with Gasteiger partial charge in [-0.2, -0.15) is 0 Å². The van der Waals surface area contributed by atoms with Crippen LogP contribution in [0.4, 0.5) is 5.69 Å². The van der Waals surface area contributed by atoms with E-state index in [1.54, 1.807) is 0 Å². The molecule has 0 aliphatic rings. The average Bonchev–Trinajstić information content (AvgIpc) is 2.47. The van der Waals surface area contributed by atoms with Gasteiger partial charge in [0.2, 0.25) is 0 Å². The molecule has 2 N–H and O–H groups in total. The Balaban J connectivity index is 2.18. The fourth-order valence-corrected chi connectivity index (χ4v) is 1.94. The summed E-state index contributed by atoms with van der Waals surface area (Å²) >= 11 is 0. The molecule has 0 heterocycles. The van der Waals surface area contributed by atoms with Crippen LogP contribution in [0.1, 0.15) is 26.7 Å². The van der Waals surface area contributed by atoms with Gasteiger partial charge < -0.3 is 15.3 Å². The summed E-state index contributed by atoms with van der Waals surface area (Å²) in [5.74, 6) is 0. The zero-order chi connectivity index (χ0) is 14.1. The van der Waals surface area contributed by atoms with Crippen molar-refractivity contribution in [2.45, 2.75) is 26.7 Å². The van der Waals surface area contributed by atoms with Crippen LogP contribution < -0.4 is 10.2 Å². The number of anilines is 1. The molecule has 1 unspecified atom stereocenters. The van der Waals surface area contributed by atoms with Gasteiger partial charge in [0, 0.05) is 37.8 Å². The number of hydrogen-bond donors (Lipinski definition) is 2. The first-order valence-electron chi connectivity index (χ1n) is 7.19. The van der Waals surface area contributed by atoms with Gasteiger partial charge in [-0.3, -0.25) is 0 Å². The molecule has 3 heteroatoms. The van der Waals surface area contributed by atoms with Crippen molar-refractivity contribution in [1.29, 1.82) is 0 Å². The van der Waals surface area contributed by atoms with E-state index in [0.717, 1.165) is 32.5 Å². The van der Waals surface area contributed by atoms with E-state index in [2.05, 4.69) is 55.4 Å². The Morgan fingerprint density at radius 3 is 2.53 bits per heavy atom. The topological polar surface area (TPSA) is 35.5 Å². The number of aliphatic hydroxyl groups is 1. The third-order valence-electron chi connectivity index (χ3n) is 3.83. The fourth-order valence-electron chi connectivity index (χ4n) is 1.94. The van der Waals surface area contributed by atoms with Gasteiger partial charge >= 0.3 is 0 Å². The lowest BCUT2D eigenvalue weighted by Crippen LogP contribution is -2.35. The molecule has 108 valence electrons. The Morgan fingerprint density at radius 1 is 1.26 bits per heavy atom. The van der Waals surface area contributed by atoms with Crippen LogP contribution in [0.15, 0.2) is 30.3 Å². The van der Waals surface area contributed by atoms with Crippen molar-refractivity contribution >= 4 is 5.69 Å². The Labute approximate surface area is 117 Å². The maximum Gasteiger partial charge on any atom is 0.0496 e. The third-order valence-corrected chi connectivity index (χ3v) is 3.83. The van der Waals surface area contributed by atoms with Gasteiger partial charge in [0.15, 0.2) is 0 Å². The number of benzene rings is 1. The van der Waals surface area contributed by atoms with Crippen molar-refractivity contribution in [2.75, 3.05) is 38.2 Å². The summed E-state index contributed by atoms with van der Waals surface area (Å²) < 4.78 is 0. The molecule has 0 aliphatic heterocycles. The molecule has 0 aromatic heterocycles. The molecule has 0 bridgehead atoms. The maximum atomic E-state index is 9.33. The molecular weight excluding hydrogens is 236 g/mol. The van der Waals surface area contributed by atoms with Crippen LogP contribution in [-0.4, -0.2) is 38.4 Å². The van der Waals surface area contributed by atoms with Gasteiger partial charge in [-0.1, -0.05) is 32.0 Å². The molecule has 0 amide bonds. The lowest BCUT2D eigenvalue weighted by atomic mass is 9.89. The van der Waals surface area contributed by atoms with E-state index in [0.29, 0.717) is 0 Å². The highest BCUT2D eigenvalue weighted by atomic mass is 16.3. The molecule has 0 saturated carbocycles. The predicted molar refractivity (Wildman–Crippen MR) is 82.7 cm³/mol. The predicted octanol–water partition coefficient (Wildman–Crippen LogP) is 2.51. The zero-order valence-electron chi connectivity index (χ0n) is 12.5. The average molecular weight is 264 g/mol.